The molecule has 0 saturated heterocycles. The minimum Gasteiger partial charge on any atom is -0.508 e. The van der Waals surface area contributed by atoms with Crippen LogP contribution in [-0.4, -0.2) is 22.1 Å². The molecule has 0 fully saturated rings. The van der Waals surface area contributed by atoms with Crippen molar-refractivity contribution in [3.8, 4) is 16.9 Å². The maximum atomic E-state index is 13.0. The van der Waals surface area contributed by atoms with Gasteiger partial charge in [-0.05, 0) is 49.9 Å². The number of hydrogen-bond acceptors (Lipinski definition) is 4. The van der Waals surface area contributed by atoms with Crippen LogP contribution in [0, 0.1) is 6.92 Å². The fourth-order valence-corrected chi connectivity index (χ4v) is 3.37. The number of hydrogen-bond donors (Lipinski definition) is 1. The summed E-state index contributed by atoms with van der Waals surface area (Å²) in [6.07, 6.45) is -0.340. The van der Waals surface area contributed by atoms with Gasteiger partial charge in [-0.1, -0.05) is 29.8 Å². The van der Waals surface area contributed by atoms with Crippen molar-refractivity contribution in [2.75, 3.05) is 0 Å². The molecule has 0 aliphatic carbocycles. The topological polar surface area (TPSA) is 68.5 Å². The van der Waals surface area contributed by atoms with Crippen LogP contribution in [0.25, 0.3) is 21.9 Å². The van der Waals surface area contributed by atoms with E-state index in [9.17, 15) is 14.7 Å². The lowest BCUT2D eigenvalue weighted by Crippen LogP contribution is -2.26. The van der Waals surface area contributed by atoms with Gasteiger partial charge in [0.1, 0.15) is 5.75 Å². The van der Waals surface area contributed by atoms with Crippen LogP contribution in [0.3, 0.4) is 0 Å². The molecule has 0 bridgehead atoms. The molecule has 3 rings (SSSR count). The Morgan fingerprint density at radius 3 is 2.33 bits per heavy atom. The van der Waals surface area contributed by atoms with Crippen molar-refractivity contribution in [1.82, 2.24) is 4.57 Å². The molecule has 0 saturated carbocycles. The lowest BCUT2D eigenvalue weighted by Gasteiger charge is -2.23. The second-order valence-corrected chi connectivity index (χ2v) is 6.96. The quantitative estimate of drug-likeness (QED) is 0.697. The molecule has 1 aromatic heterocycles. The lowest BCUT2D eigenvalue weighted by molar-refractivity contribution is -0.121. The van der Waals surface area contributed by atoms with Gasteiger partial charge in [0.25, 0.3) is 5.56 Å². The van der Waals surface area contributed by atoms with E-state index in [2.05, 4.69) is 0 Å². The number of aryl methyl sites for hydroxylation is 1. The molecule has 1 atom stereocenters. The van der Waals surface area contributed by atoms with Crippen molar-refractivity contribution in [3.05, 3.63) is 64.1 Å². The second-order valence-electron chi connectivity index (χ2n) is 6.96. The molecule has 3 aromatic rings. The van der Waals surface area contributed by atoms with E-state index in [1.54, 1.807) is 37.4 Å². The largest absolute Gasteiger partial charge is 0.508 e. The summed E-state index contributed by atoms with van der Waals surface area (Å²) in [5.41, 5.74) is 2.89. The molecule has 0 spiro atoms. The lowest BCUT2D eigenvalue weighted by atomic mass is 9.93. The Morgan fingerprint density at radius 1 is 1.07 bits per heavy atom. The highest BCUT2D eigenvalue weighted by molar-refractivity contribution is 5.98. The first-order chi connectivity index (χ1) is 12.8. The molecule has 1 heterocycles. The van der Waals surface area contributed by atoms with Crippen LogP contribution in [0.4, 0.5) is 0 Å². The standard InChI is InChI=1S/C22H23NO4/c1-13(2)27-19(12-24)21-20(15-6-8-16(25)9-7-15)18-11-14(3)5-10-17(18)22(26)23(21)4/h5-13,19,25H,1-4H3. The number of fused-ring (bicyclic) bond motifs is 1. The number of phenols is 1. The number of ether oxygens (including phenoxy) is 1. The number of aldehydes is 1. The molecule has 0 radical (unpaired) electrons. The van der Waals surface area contributed by atoms with Crippen molar-refractivity contribution in [1.29, 1.82) is 0 Å². The van der Waals surface area contributed by atoms with E-state index in [1.807, 2.05) is 32.9 Å². The molecular weight excluding hydrogens is 342 g/mol. The maximum absolute atomic E-state index is 13.0. The summed E-state index contributed by atoms with van der Waals surface area (Å²) in [6.45, 7) is 5.65. The predicted molar refractivity (Wildman–Crippen MR) is 106 cm³/mol. The summed E-state index contributed by atoms with van der Waals surface area (Å²) in [7, 11) is 1.65. The minimum absolute atomic E-state index is 0.149. The third-order valence-electron chi connectivity index (χ3n) is 4.56. The molecule has 1 unspecified atom stereocenters. The Hall–Kier alpha value is -2.92. The van der Waals surface area contributed by atoms with Gasteiger partial charge in [0.2, 0.25) is 0 Å². The first-order valence-corrected chi connectivity index (χ1v) is 8.87. The van der Waals surface area contributed by atoms with Crippen molar-refractivity contribution < 1.29 is 14.6 Å². The summed E-state index contributed by atoms with van der Waals surface area (Å²) in [6, 6.07) is 12.4. The number of aromatic nitrogens is 1. The van der Waals surface area contributed by atoms with Crippen LogP contribution in [0.1, 0.15) is 31.2 Å². The van der Waals surface area contributed by atoms with Gasteiger partial charge in [-0.2, -0.15) is 0 Å². The summed E-state index contributed by atoms with van der Waals surface area (Å²) >= 11 is 0. The van der Waals surface area contributed by atoms with E-state index in [0.717, 1.165) is 28.4 Å². The van der Waals surface area contributed by atoms with Gasteiger partial charge in [0, 0.05) is 18.0 Å². The van der Waals surface area contributed by atoms with Crippen LogP contribution < -0.4 is 5.56 Å². The van der Waals surface area contributed by atoms with Gasteiger partial charge in [-0.15, -0.1) is 0 Å². The van der Waals surface area contributed by atoms with Gasteiger partial charge in [0.15, 0.2) is 12.4 Å². The van der Waals surface area contributed by atoms with Crippen molar-refractivity contribution >= 4 is 17.1 Å². The Bertz CT molecular complexity index is 1050. The van der Waals surface area contributed by atoms with Crippen LogP contribution in [0.5, 0.6) is 5.75 Å². The van der Waals surface area contributed by atoms with E-state index in [4.69, 9.17) is 4.74 Å². The van der Waals surface area contributed by atoms with E-state index >= 15 is 0 Å². The van der Waals surface area contributed by atoms with Crippen molar-refractivity contribution in [3.63, 3.8) is 0 Å². The van der Waals surface area contributed by atoms with Gasteiger partial charge < -0.3 is 19.2 Å². The minimum atomic E-state index is -0.878. The van der Waals surface area contributed by atoms with Gasteiger partial charge >= 0.3 is 0 Å². The molecule has 140 valence electrons. The van der Waals surface area contributed by atoms with Crippen LogP contribution in [-0.2, 0) is 16.6 Å². The van der Waals surface area contributed by atoms with Crippen molar-refractivity contribution in [2.24, 2.45) is 7.05 Å². The number of aromatic hydroxyl groups is 1. The molecular formula is C22H23NO4. The molecule has 1 N–H and O–H groups in total. The van der Waals surface area contributed by atoms with E-state index in [1.165, 1.54) is 4.57 Å². The first kappa shape index (κ1) is 18.9. The fraction of sp³-hybridized carbons (Fsp3) is 0.273. The number of benzene rings is 2. The Morgan fingerprint density at radius 2 is 1.74 bits per heavy atom. The molecule has 0 aliphatic rings. The summed E-state index contributed by atoms with van der Waals surface area (Å²) in [5.74, 6) is 0.149. The Kier molecular flexibility index (Phi) is 5.15. The van der Waals surface area contributed by atoms with Gasteiger partial charge in [0.05, 0.1) is 11.8 Å². The van der Waals surface area contributed by atoms with E-state index in [0.29, 0.717) is 11.1 Å². The molecule has 0 amide bonds. The van der Waals surface area contributed by atoms with Crippen molar-refractivity contribution in [2.45, 2.75) is 33.0 Å². The zero-order valence-electron chi connectivity index (χ0n) is 15.9. The molecule has 27 heavy (non-hydrogen) atoms. The van der Waals surface area contributed by atoms with Crippen LogP contribution in [0.2, 0.25) is 0 Å². The third-order valence-corrected chi connectivity index (χ3v) is 4.56. The zero-order valence-corrected chi connectivity index (χ0v) is 15.9. The van der Waals surface area contributed by atoms with E-state index in [-0.39, 0.29) is 17.4 Å². The number of phenolic OH excluding ortho intramolecular Hbond substituents is 1. The molecule has 5 nitrogen and oxygen atoms in total. The number of nitrogens with zero attached hydrogens (tertiary/aromatic N) is 1. The number of rotatable bonds is 5. The molecule has 0 aliphatic heterocycles. The summed E-state index contributed by atoms with van der Waals surface area (Å²) in [5, 5.41) is 11.0. The smallest absolute Gasteiger partial charge is 0.258 e. The SMILES string of the molecule is Cc1ccc2c(=O)n(C)c(C(C=O)OC(C)C)c(-c3ccc(O)cc3)c2c1. The average Bonchev–Trinajstić information content (AvgIpc) is 2.63. The second kappa shape index (κ2) is 7.37. The van der Waals surface area contributed by atoms with Crippen LogP contribution in [0.15, 0.2) is 47.3 Å². The highest BCUT2D eigenvalue weighted by atomic mass is 16.5. The highest BCUT2D eigenvalue weighted by Gasteiger charge is 2.24. The zero-order chi connectivity index (χ0) is 19.7. The molecule has 5 heteroatoms. The fourth-order valence-electron chi connectivity index (χ4n) is 3.37. The maximum Gasteiger partial charge on any atom is 0.258 e. The Labute approximate surface area is 157 Å². The predicted octanol–water partition coefficient (Wildman–Crippen LogP) is 3.88. The third kappa shape index (κ3) is 3.51. The number of carbonyl (C=O) groups is 1. The number of carbonyl (C=O) groups excluding carboxylic acids is 1. The summed E-state index contributed by atoms with van der Waals surface area (Å²) < 4.78 is 7.30. The van der Waals surface area contributed by atoms with Crippen LogP contribution >= 0.6 is 0 Å². The van der Waals surface area contributed by atoms with Gasteiger partial charge in [-0.3, -0.25) is 4.79 Å². The normalized spacial score (nSPS) is 12.5. The van der Waals surface area contributed by atoms with Gasteiger partial charge in [-0.25, -0.2) is 0 Å². The monoisotopic (exact) mass is 365 g/mol. The average molecular weight is 365 g/mol. The molecule has 2 aromatic carbocycles. The Balaban J connectivity index is 2.47. The highest BCUT2D eigenvalue weighted by Crippen LogP contribution is 2.35. The number of pyridine rings is 1. The summed E-state index contributed by atoms with van der Waals surface area (Å²) in [4.78, 5) is 24.8. The van der Waals surface area contributed by atoms with E-state index < -0.39 is 6.10 Å². The first-order valence-electron chi connectivity index (χ1n) is 8.87.